The zero-order valence-corrected chi connectivity index (χ0v) is 20.0. The van der Waals surface area contributed by atoms with Gasteiger partial charge >= 0.3 is 0 Å². The number of alkyl halides is 1. The van der Waals surface area contributed by atoms with Gasteiger partial charge in [0.2, 0.25) is 0 Å². The summed E-state index contributed by atoms with van der Waals surface area (Å²) in [6.45, 7) is 4.61. The van der Waals surface area contributed by atoms with Gasteiger partial charge in [-0.05, 0) is 92.1 Å². The summed E-state index contributed by atoms with van der Waals surface area (Å²) < 4.78 is 20.7. The summed E-state index contributed by atoms with van der Waals surface area (Å²) >= 11 is 0. The average molecular weight is 461 g/mol. The summed E-state index contributed by atoms with van der Waals surface area (Å²) in [7, 11) is 1.61. The summed E-state index contributed by atoms with van der Waals surface area (Å²) in [5, 5.41) is 10.8. The van der Waals surface area contributed by atoms with Gasteiger partial charge in [-0.2, -0.15) is 0 Å². The maximum absolute atomic E-state index is 15.4. The molecule has 1 fully saturated rings. The molecule has 3 atom stereocenters. The third-order valence-electron chi connectivity index (χ3n) is 6.87. The van der Waals surface area contributed by atoms with E-state index in [1.165, 1.54) is 5.56 Å². The van der Waals surface area contributed by atoms with Crippen LogP contribution < -0.4 is 4.74 Å². The molecule has 0 bridgehead atoms. The molecule has 2 aromatic carbocycles. The van der Waals surface area contributed by atoms with E-state index in [-0.39, 0.29) is 12.5 Å². The lowest BCUT2D eigenvalue weighted by Crippen LogP contribution is -2.42. The molecular formula is C29H33FN2O2. The van der Waals surface area contributed by atoms with E-state index in [0.717, 1.165) is 42.4 Å². The maximum atomic E-state index is 15.4. The van der Waals surface area contributed by atoms with E-state index < -0.39 is 6.17 Å². The SMILES string of the molecule is COc1ccc2nccc([C@H](F)CC[C@@H]3CCN(CC#Cc4cccc(C)c4)C[C@@H]3CO)c2c1. The topological polar surface area (TPSA) is 45.6 Å². The molecule has 0 saturated carbocycles. The molecule has 1 N–H and O–H groups in total. The first kappa shape index (κ1) is 24.2. The lowest BCUT2D eigenvalue weighted by molar-refractivity contribution is 0.0708. The van der Waals surface area contributed by atoms with Gasteiger partial charge in [0, 0.05) is 30.3 Å². The van der Waals surface area contributed by atoms with E-state index in [1.807, 2.05) is 30.3 Å². The van der Waals surface area contributed by atoms with Crippen LogP contribution in [0.1, 0.15) is 42.1 Å². The number of aliphatic hydroxyl groups is 1. The van der Waals surface area contributed by atoms with Gasteiger partial charge in [-0.15, -0.1) is 0 Å². The Hall–Kier alpha value is -2.94. The summed E-state index contributed by atoms with van der Waals surface area (Å²) in [6.07, 6.45) is 2.74. The number of benzene rings is 2. The van der Waals surface area contributed by atoms with Crippen molar-refractivity contribution in [3.8, 4) is 17.6 Å². The second kappa shape index (κ2) is 11.5. The first-order valence-corrected chi connectivity index (χ1v) is 12.0. The third kappa shape index (κ3) is 5.94. The van der Waals surface area contributed by atoms with Crippen LogP contribution in [0.4, 0.5) is 4.39 Å². The van der Waals surface area contributed by atoms with Gasteiger partial charge in [0.1, 0.15) is 11.9 Å². The van der Waals surface area contributed by atoms with Gasteiger partial charge in [-0.3, -0.25) is 9.88 Å². The van der Waals surface area contributed by atoms with E-state index in [9.17, 15) is 5.11 Å². The number of likely N-dealkylation sites (tertiary alicyclic amines) is 1. The fourth-order valence-electron chi connectivity index (χ4n) is 4.93. The van der Waals surface area contributed by atoms with Crippen LogP contribution in [-0.2, 0) is 0 Å². The molecule has 4 rings (SSSR count). The summed E-state index contributed by atoms with van der Waals surface area (Å²) in [5.74, 6) is 7.68. The molecule has 3 aromatic rings. The normalized spacial score (nSPS) is 19.4. The predicted molar refractivity (Wildman–Crippen MR) is 135 cm³/mol. The molecule has 0 radical (unpaired) electrons. The largest absolute Gasteiger partial charge is 0.497 e. The first-order chi connectivity index (χ1) is 16.6. The maximum Gasteiger partial charge on any atom is 0.126 e. The average Bonchev–Trinajstić information content (AvgIpc) is 2.87. The Morgan fingerprint density at radius 1 is 1.21 bits per heavy atom. The number of aromatic nitrogens is 1. The number of aryl methyl sites for hydroxylation is 1. The Bertz CT molecular complexity index is 1170. The fraction of sp³-hybridized carbons (Fsp3) is 0.414. The highest BCUT2D eigenvalue weighted by atomic mass is 19.1. The smallest absolute Gasteiger partial charge is 0.126 e. The van der Waals surface area contributed by atoms with Crippen LogP contribution in [-0.4, -0.2) is 48.3 Å². The Balaban J connectivity index is 1.34. The zero-order chi connectivity index (χ0) is 23.9. The van der Waals surface area contributed by atoms with Crippen LogP contribution in [0.2, 0.25) is 0 Å². The molecule has 1 aliphatic heterocycles. The van der Waals surface area contributed by atoms with Crippen LogP contribution in [0, 0.1) is 30.6 Å². The lowest BCUT2D eigenvalue weighted by Gasteiger charge is -2.37. The number of fused-ring (bicyclic) bond motifs is 1. The van der Waals surface area contributed by atoms with Crippen molar-refractivity contribution >= 4 is 10.9 Å². The zero-order valence-electron chi connectivity index (χ0n) is 20.0. The number of aliphatic hydroxyl groups excluding tert-OH is 1. The number of ether oxygens (including phenoxy) is 1. The number of hydrogen-bond acceptors (Lipinski definition) is 4. The fourth-order valence-corrected chi connectivity index (χ4v) is 4.93. The van der Waals surface area contributed by atoms with Crippen LogP contribution in [0.3, 0.4) is 0 Å². The Morgan fingerprint density at radius 3 is 2.88 bits per heavy atom. The monoisotopic (exact) mass is 460 g/mol. The Labute approximate surface area is 201 Å². The minimum Gasteiger partial charge on any atom is -0.497 e. The molecule has 1 aliphatic rings. The third-order valence-corrected chi connectivity index (χ3v) is 6.87. The van der Waals surface area contributed by atoms with Crippen LogP contribution in [0.5, 0.6) is 5.75 Å². The van der Waals surface area contributed by atoms with E-state index in [4.69, 9.17) is 4.74 Å². The summed E-state index contributed by atoms with van der Waals surface area (Å²) in [5.41, 5.74) is 3.67. The van der Waals surface area contributed by atoms with Gasteiger partial charge in [0.15, 0.2) is 0 Å². The number of rotatable bonds is 7. The second-order valence-electron chi connectivity index (χ2n) is 9.23. The van der Waals surface area contributed by atoms with Crippen molar-refractivity contribution in [2.45, 2.75) is 32.4 Å². The van der Waals surface area contributed by atoms with Crippen LogP contribution in [0.25, 0.3) is 10.9 Å². The highest BCUT2D eigenvalue weighted by Crippen LogP contribution is 2.35. The number of nitrogens with zero attached hydrogens (tertiary/aromatic N) is 2. The molecule has 0 aliphatic carbocycles. The number of methoxy groups -OCH3 is 1. The predicted octanol–water partition coefficient (Wildman–Crippen LogP) is 5.32. The number of halogens is 1. The molecule has 178 valence electrons. The second-order valence-corrected chi connectivity index (χ2v) is 9.23. The molecule has 34 heavy (non-hydrogen) atoms. The van der Waals surface area contributed by atoms with E-state index in [0.29, 0.717) is 30.2 Å². The molecular weight excluding hydrogens is 427 g/mol. The van der Waals surface area contributed by atoms with Crippen molar-refractivity contribution in [2.24, 2.45) is 11.8 Å². The first-order valence-electron chi connectivity index (χ1n) is 12.0. The molecule has 1 saturated heterocycles. The summed E-state index contributed by atoms with van der Waals surface area (Å²) in [4.78, 5) is 6.66. The van der Waals surface area contributed by atoms with E-state index in [2.05, 4.69) is 40.8 Å². The quantitative estimate of drug-likeness (QED) is 0.485. The highest BCUT2D eigenvalue weighted by Gasteiger charge is 2.29. The molecule has 5 heteroatoms. The number of pyridine rings is 1. The minimum atomic E-state index is -1.07. The van der Waals surface area contributed by atoms with Crippen LogP contribution in [0.15, 0.2) is 54.7 Å². The number of piperidine rings is 1. The molecule has 0 spiro atoms. The number of hydrogen-bond donors (Lipinski definition) is 1. The van der Waals surface area contributed by atoms with Gasteiger partial charge in [0.05, 0.1) is 19.2 Å². The molecule has 2 heterocycles. The molecule has 0 unspecified atom stereocenters. The minimum absolute atomic E-state index is 0.124. The lowest BCUT2D eigenvalue weighted by atomic mass is 9.81. The van der Waals surface area contributed by atoms with Crippen molar-refractivity contribution in [3.05, 3.63) is 71.4 Å². The van der Waals surface area contributed by atoms with Gasteiger partial charge in [-0.25, -0.2) is 4.39 Å². The standard InChI is InChI=1S/C29H33FN2O2/c1-21-5-3-6-22(17-21)7-4-15-32-16-13-23(24(19-32)20-33)8-10-28(30)26-12-14-31-29-11-9-25(34-2)18-27(26)29/h3,5-6,9,11-12,14,17-18,23-24,28,33H,8,10,13,15-16,19-20H2,1-2H3/t23-,24-,28-/m1/s1. The van der Waals surface area contributed by atoms with Gasteiger partial charge in [0.25, 0.3) is 0 Å². The molecule has 1 aromatic heterocycles. The highest BCUT2D eigenvalue weighted by molar-refractivity contribution is 5.83. The van der Waals surface area contributed by atoms with E-state index >= 15 is 4.39 Å². The van der Waals surface area contributed by atoms with E-state index in [1.54, 1.807) is 19.4 Å². The van der Waals surface area contributed by atoms with Crippen LogP contribution >= 0.6 is 0 Å². The summed E-state index contributed by atoms with van der Waals surface area (Å²) in [6, 6.07) is 15.5. The van der Waals surface area contributed by atoms with Crippen molar-refractivity contribution in [3.63, 3.8) is 0 Å². The van der Waals surface area contributed by atoms with Gasteiger partial charge < -0.3 is 9.84 Å². The van der Waals surface area contributed by atoms with Gasteiger partial charge in [-0.1, -0.05) is 24.0 Å². The van der Waals surface area contributed by atoms with Crippen molar-refractivity contribution in [2.75, 3.05) is 33.4 Å². The van der Waals surface area contributed by atoms with Crippen molar-refractivity contribution < 1.29 is 14.2 Å². The van der Waals surface area contributed by atoms with Crippen molar-refractivity contribution in [1.82, 2.24) is 9.88 Å². The molecule has 0 amide bonds. The van der Waals surface area contributed by atoms with Crippen molar-refractivity contribution in [1.29, 1.82) is 0 Å². The Morgan fingerprint density at radius 2 is 2.09 bits per heavy atom. The molecule has 4 nitrogen and oxygen atoms in total. The Kier molecular flexibility index (Phi) is 8.16.